The average Bonchev–Trinajstić information content (AvgIpc) is 2.52. The molecule has 0 spiro atoms. The summed E-state index contributed by atoms with van der Waals surface area (Å²) in [6, 6.07) is 18.9. The molecule has 0 bridgehead atoms. The van der Waals surface area contributed by atoms with E-state index in [4.69, 9.17) is 4.74 Å². The second-order valence-corrected chi connectivity index (χ2v) is 4.05. The van der Waals surface area contributed by atoms with E-state index in [2.05, 4.69) is 17.2 Å². The Morgan fingerprint density at radius 1 is 1.00 bits per heavy atom. The normalized spacial score (nSPS) is 9.20. The van der Waals surface area contributed by atoms with Crippen LogP contribution in [0.25, 0.3) is 0 Å². The van der Waals surface area contributed by atoms with Gasteiger partial charge in [-0.2, -0.15) is 0 Å². The molecule has 2 rings (SSSR count). The van der Waals surface area contributed by atoms with Crippen LogP contribution >= 0.6 is 0 Å². The first-order chi connectivity index (χ1) is 9.84. The Balaban J connectivity index is 1.70. The molecular formula is C17H15NO2. The van der Waals surface area contributed by atoms with Crippen LogP contribution in [0.2, 0.25) is 0 Å². The maximum atomic E-state index is 11.5. The standard InChI is InChI=1S/C17H15NO2/c19-17(14-20-16-11-5-2-6-12-16)18-13-7-10-15-8-3-1-4-9-15/h1-6,8-9,11-12H,13-14H2,(H,18,19). The average molecular weight is 265 g/mol. The predicted molar refractivity (Wildman–Crippen MR) is 78.3 cm³/mol. The molecule has 0 aliphatic heterocycles. The predicted octanol–water partition coefficient (Wildman–Crippen LogP) is 2.23. The lowest BCUT2D eigenvalue weighted by atomic mass is 10.2. The van der Waals surface area contributed by atoms with Crippen LogP contribution in [-0.2, 0) is 4.79 Å². The van der Waals surface area contributed by atoms with Crippen molar-refractivity contribution in [2.75, 3.05) is 13.2 Å². The van der Waals surface area contributed by atoms with Crippen molar-refractivity contribution in [3.63, 3.8) is 0 Å². The second kappa shape index (κ2) is 7.65. The topological polar surface area (TPSA) is 38.3 Å². The van der Waals surface area contributed by atoms with Gasteiger partial charge in [0.1, 0.15) is 5.75 Å². The number of rotatable bonds is 4. The minimum atomic E-state index is -0.184. The monoisotopic (exact) mass is 265 g/mol. The van der Waals surface area contributed by atoms with Crippen molar-refractivity contribution in [2.45, 2.75) is 0 Å². The molecule has 2 aromatic carbocycles. The van der Waals surface area contributed by atoms with Crippen molar-refractivity contribution in [1.29, 1.82) is 0 Å². The first-order valence-corrected chi connectivity index (χ1v) is 6.33. The molecule has 0 aliphatic carbocycles. The van der Waals surface area contributed by atoms with Crippen LogP contribution in [0, 0.1) is 11.8 Å². The van der Waals surface area contributed by atoms with Crippen molar-refractivity contribution in [3.05, 3.63) is 66.2 Å². The van der Waals surface area contributed by atoms with Crippen LogP contribution in [0.5, 0.6) is 5.75 Å². The van der Waals surface area contributed by atoms with Gasteiger partial charge in [-0.05, 0) is 24.3 Å². The quantitative estimate of drug-likeness (QED) is 0.861. The third kappa shape index (κ3) is 4.87. The second-order valence-electron chi connectivity index (χ2n) is 4.05. The molecule has 0 aromatic heterocycles. The van der Waals surface area contributed by atoms with Crippen LogP contribution in [0.4, 0.5) is 0 Å². The molecule has 0 unspecified atom stereocenters. The van der Waals surface area contributed by atoms with Crippen LogP contribution in [-0.4, -0.2) is 19.1 Å². The largest absolute Gasteiger partial charge is 0.484 e. The van der Waals surface area contributed by atoms with Gasteiger partial charge in [-0.25, -0.2) is 0 Å². The number of carbonyl (C=O) groups excluding carboxylic acids is 1. The number of hydrogen-bond donors (Lipinski definition) is 1. The summed E-state index contributed by atoms with van der Waals surface area (Å²) in [4.78, 5) is 11.5. The summed E-state index contributed by atoms with van der Waals surface area (Å²) < 4.78 is 5.32. The van der Waals surface area contributed by atoms with Crippen LogP contribution in [0.15, 0.2) is 60.7 Å². The van der Waals surface area contributed by atoms with Gasteiger partial charge in [0.15, 0.2) is 6.61 Å². The fourth-order valence-electron chi connectivity index (χ4n) is 1.53. The van der Waals surface area contributed by atoms with E-state index < -0.39 is 0 Å². The van der Waals surface area contributed by atoms with E-state index in [1.54, 1.807) is 0 Å². The molecule has 0 radical (unpaired) electrons. The molecule has 0 fully saturated rings. The lowest BCUT2D eigenvalue weighted by Gasteiger charge is -2.04. The van der Waals surface area contributed by atoms with Gasteiger partial charge < -0.3 is 10.1 Å². The van der Waals surface area contributed by atoms with E-state index in [9.17, 15) is 4.79 Å². The highest BCUT2D eigenvalue weighted by molar-refractivity contribution is 5.77. The lowest BCUT2D eigenvalue weighted by molar-refractivity contribution is -0.122. The fraction of sp³-hybridized carbons (Fsp3) is 0.118. The van der Waals surface area contributed by atoms with E-state index >= 15 is 0 Å². The van der Waals surface area contributed by atoms with E-state index in [0.717, 1.165) is 5.56 Å². The highest BCUT2D eigenvalue weighted by Gasteiger charge is 2.00. The van der Waals surface area contributed by atoms with Gasteiger partial charge in [-0.3, -0.25) is 4.79 Å². The molecule has 0 saturated heterocycles. The molecule has 3 heteroatoms. The number of amides is 1. The van der Waals surface area contributed by atoms with Crippen LogP contribution in [0.3, 0.4) is 0 Å². The summed E-state index contributed by atoms with van der Waals surface area (Å²) in [6.07, 6.45) is 0. The maximum absolute atomic E-state index is 11.5. The number of benzene rings is 2. The SMILES string of the molecule is O=C(COc1ccccc1)NCC#Cc1ccccc1. The zero-order chi connectivity index (χ0) is 14.0. The first-order valence-electron chi connectivity index (χ1n) is 6.33. The van der Waals surface area contributed by atoms with Crippen LogP contribution in [0.1, 0.15) is 5.56 Å². The van der Waals surface area contributed by atoms with Crippen molar-refractivity contribution < 1.29 is 9.53 Å². The van der Waals surface area contributed by atoms with Gasteiger partial charge in [0, 0.05) is 5.56 Å². The Bertz CT molecular complexity index is 597. The third-order valence-electron chi connectivity index (χ3n) is 2.49. The zero-order valence-corrected chi connectivity index (χ0v) is 11.0. The number of hydrogen-bond acceptors (Lipinski definition) is 2. The van der Waals surface area contributed by atoms with Gasteiger partial charge in [0.25, 0.3) is 5.91 Å². The summed E-state index contributed by atoms with van der Waals surface area (Å²) in [5.41, 5.74) is 0.933. The van der Waals surface area contributed by atoms with Gasteiger partial charge in [0.2, 0.25) is 0 Å². The van der Waals surface area contributed by atoms with Crippen molar-refractivity contribution in [3.8, 4) is 17.6 Å². The Morgan fingerprint density at radius 2 is 1.65 bits per heavy atom. The Kier molecular flexibility index (Phi) is 5.24. The molecule has 0 aliphatic rings. The van der Waals surface area contributed by atoms with Crippen molar-refractivity contribution in [2.24, 2.45) is 0 Å². The van der Waals surface area contributed by atoms with Crippen molar-refractivity contribution in [1.82, 2.24) is 5.32 Å². The Morgan fingerprint density at radius 3 is 2.35 bits per heavy atom. The molecule has 100 valence electrons. The Labute approximate surface area is 118 Å². The molecule has 0 atom stereocenters. The van der Waals surface area contributed by atoms with Gasteiger partial charge in [-0.15, -0.1) is 0 Å². The van der Waals surface area contributed by atoms with Crippen LogP contribution < -0.4 is 10.1 Å². The molecule has 0 saturated carbocycles. The van der Waals surface area contributed by atoms with E-state index in [-0.39, 0.29) is 12.5 Å². The molecule has 1 N–H and O–H groups in total. The third-order valence-corrected chi connectivity index (χ3v) is 2.49. The highest BCUT2D eigenvalue weighted by atomic mass is 16.5. The summed E-state index contributed by atoms with van der Waals surface area (Å²) >= 11 is 0. The number of nitrogens with one attached hydrogen (secondary N) is 1. The number of ether oxygens (including phenoxy) is 1. The molecule has 0 heterocycles. The molecule has 20 heavy (non-hydrogen) atoms. The van der Waals surface area contributed by atoms with Gasteiger partial charge in [0.05, 0.1) is 6.54 Å². The fourth-order valence-corrected chi connectivity index (χ4v) is 1.53. The molecule has 3 nitrogen and oxygen atoms in total. The van der Waals surface area contributed by atoms with Crippen molar-refractivity contribution >= 4 is 5.91 Å². The maximum Gasteiger partial charge on any atom is 0.258 e. The van der Waals surface area contributed by atoms with Gasteiger partial charge in [-0.1, -0.05) is 48.2 Å². The minimum Gasteiger partial charge on any atom is -0.484 e. The van der Waals surface area contributed by atoms with Gasteiger partial charge >= 0.3 is 0 Å². The summed E-state index contributed by atoms with van der Waals surface area (Å²) in [6.45, 7) is 0.308. The zero-order valence-electron chi connectivity index (χ0n) is 11.0. The molecular weight excluding hydrogens is 250 g/mol. The molecule has 2 aromatic rings. The lowest BCUT2D eigenvalue weighted by Crippen LogP contribution is -2.29. The molecule has 1 amide bonds. The first kappa shape index (κ1) is 13.7. The summed E-state index contributed by atoms with van der Waals surface area (Å²) in [5, 5.41) is 2.69. The van der Waals surface area contributed by atoms with E-state index in [1.165, 1.54) is 0 Å². The number of para-hydroxylation sites is 1. The highest BCUT2D eigenvalue weighted by Crippen LogP contribution is 2.07. The smallest absolute Gasteiger partial charge is 0.258 e. The number of carbonyl (C=O) groups is 1. The van der Waals surface area contributed by atoms with E-state index in [1.807, 2.05) is 60.7 Å². The summed E-state index contributed by atoms with van der Waals surface area (Å²) in [7, 11) is 0. The Hall–Kier alpha value is -2.73. The van der Waals surface area contributed by atoms with E-state index in [0.29, 0.717) is 12.3 Å². The summed E-state index contributed by atoms with van der Waals surface area (Å²) in [5.74, 6) is 6.36. The minimum absolute atomic E-state index is 0.00295.